The molecule has 0 aliphatic rings. The van der Waals surface area contributed by atoms with Crippen molar-refractivity contribution in [2.24, 2.45) is 4.36 Å². The Balaban J connectivity index is 1.83. The van der Waals surface area contributed by atoms with Crippen LogP contribution < -0.4 is 11.1 Å². The van der Waals surface area contributed by atoms with Crippen LogP contribution in [0.5, 0.6) is 0 Å². The maximum absolute atomic E-state index is 12.4. The maximum atomic E-state index is 12.4. The standard InChI is InChI=1S/C24H22N4O5S/c1-15-9-10-33-21(15)24(31)27-20-6-4-5-17(11-20)7-8-18-12-19(13-26-22(18)25)23(30)28-34(3,32)14-16(2)29/h4-6,9-13H,14H2,1-3H3,(H2,25,26)(H,27,31). The number of hydrogen-bond acceptors (Lipinski definition) is 7. The Hall–Kier alpha value is -4.23. The number of carbonyl (C=O) groups excluding carboxylic acids is 3. The second-order valence-corrected chi connectivity index (χ2v) is 9.97. The van der Waals surface area contributed by atoms with E-state index in [9.17, 15) is 18.6 Å². The van der Waals surface area contributed by atoms with Gasteiger partial charge in [0.2, 0.25) is 0 Å². The van der Waals surface area contributed by atoms with Gasteiger partial charge in [-0.2, -0.15) is 4.36 Å². The molecule has 0 aliphatic heterocycles. The van der Waals surface area contributed by atoms with Gasteiger partial charge in [0.25, 0.3) is 11.8 Å². The van der Waals surface area contributed by atoms with E-state index in [1.54, 1.807) is 37.3 Å². The van der Waals surface area contributed by atoms with E-state index < -0.39 is 15.6 Å². The molecule has 0 radical (unpaired) electrons. The molecule has 0 aliphatic carbocycles. The van der Waals surface area contributed by atoms with E-state index in [0.29, 0.717) is 11.3 Å². The molecule has 1 unspecified atom stereocenters. The van der Waals surface area contributed by atoms with Gasteiger partial charge in [0, 0.05) is 29.3 Å². The van der Waals surface area contributed by atoms with Gasteiger partial charge in [-0.15, -0.1) is 0 Å². The number of furan rings is 1. The Morgan fingerprint density at radius 3 is 2.65 bits per heavy atom. The van der Waals surface area contributed by atoms with E-state index >= 15 is 0 Å². The number of pyridine rings is 1. The van der Waals surface area contributed by atoms with Crippen molar-refractivity contribution in [3.8, 4) is 11.8 Å². The number of amides is 2. The predicted octanol–water partition coefficient (Wildman–Crippen LogP) is 3.04. The SMILES string of the molecule is CC(=O)CS(C)(=O)=NC(=O)c1cnc(N)c(C#Cc2cccc(NC(=O)c3occc3C)c2)c1. The Bertz CT molecular complexity index is 1470. The third kappa shape index (κ3) is 6.40. The number of Topliss-reactive ketones (excluding diaryl/α,β-unsaturated/α-hetero) is 1. The topological polar surface area (TPSA) is 145 Å². The number of ketones is 1. The molecule has 34 heavy (non-hydrogen) atoms. The van der Waals surface area contributed by atoms with Gasteiger partial charge in [-0.05, 0) is 44.2 Å². The summed E-state index contributed by atoms with van der Waals surface area (Å²) in [5, 5.41) is 2.75. The van der Waals surface area contributed by atoms with Crippen LogP contribution in [0.25, 0.3) is 0 Å². The molecule has 2 amide bonds. The number of nitrogen functional groups attached to an aromatic ring is 1. The predicted molar refractivity (Wildman–Crippen MR) is 129 cm³/mol. The van der Waals surface area contributed by atoms with Crippen molar-refractivity contribution in [3.63, 3.8) is 0 Å². The van der Waals surface area contributed by atoms with E-state index in [0.717, 1.165) is 5.56 Å². The molecule has 0 saturated carbocycles. The summed E-state index contributed by atoms with van der Waals surface area (Å²) in [6.45, 7) is 3.05. The van der Waals surface area contributed by atoms with E-state index in [1.807, 2.05) is 0 Å². The minimum atomic E-state index is -3.00. The smallest absolute Gasteiger partial charge is 0.291 e. The molecule has 1 atom stereocenters. The molecular weight excluding hydrogens is 456 g/mol. The van der Waals surface area contributed by atoms with Gasteiger partial charge < -0.3 is 15.5 Å². The Morgan fingerprint density at radius 1 is 1.21 bits per heavy atom. The van der Waals surface area contributed by atoms with Gasteiger partial charge in [0.1, 0.15) is 11.6 Å². The first-order valence-corrected chi connectivity index (χ1v) is 12.1. The summed E-state index contributed by atoms with van der Waals surface area (Å²) in [6.07, 6.45) is 3.90. The molecule has 3 aromatic rings. The molecule has 9 nitrogen and oxygen atoms in total. The van der Waals surface area contributed by atoms with Crippen LogP contribution in [0, 0.1) is 18.8 Å². The second-order valence-electron chi connectivity index (χ2n) is 7.58. The number of nitrogens with zero attached hydrogens (tertiary/aromatic N) is 2. The van der Waals surface area contributed by atoms with Crippen molar-refractivity contribution in [3.05, 3.63) is 76.9 Å². The second kappa shape index (κ2) is 10.1. The van der Waals surface area contributed by atoms with Crippen molar-refractivity contribution in [1.82, 2.24) is 4.98 Å². The molecule has 0 spiro atoms. The Morgan fingerprint density at radius 2 is 1.97 bits per heavy atom. The average molecular weight is 479 g/mol. The van der Waals surface area contributed by atoms with Crippen LogP contribution in [0.4, 0.5) is 11.5 Å². The largest absolute Gasteiger partial charge is 0.459 e. The van der Waals surface area contributed by atoms with Gasteiger partial charge in [-0.3, -0.25) is 14.4 Å². The van der Waals surface area contributed by atoms with Gasteiger partial charge in [0.15, 0.2) is 5.76 Å². The normalized spacial score (nSPS) is 12.1. The molecule has 0 fully saturated rings. The summed E-state index contributed by atoms with van der Waals surface area (Å²) < 4.78 is 21.2. The van der Waals surface area contributed by atoms with Crippen LogP contribution in [0.15, 0.2) is 57.6 Å². The van der Waals surface area contributed by atoms with Crippen LogP contribution in [0.3, 0.4) is 0 Å². The van der Waals surface area contributed by atoms with Crippen molar-refractivity contribution >= 4 is 38.8 Å². The highest BCUT2D eigenvalue weighted by molar-refractivity contribution is 7.93. The van der Waals surface area contributed by atoms with Crippen molar-refractivity contribution in [2.45, 2.75) is 13.8 Å². The van der Waals surface area contributed by atoms with Gasteiger partial charge in [-0.25, -0.2) is 9.19 Å². The molecule has 0 bridgehead atoms. The lowest BCUT2D eigenvalue weighted by Gasteiger charge is -2.04. The summed E-state index contributed by atoms with van der Waals surface area (Å²) >= 11 is 0. The van der Waals surface area contributed by atoms with Crippen molar-refractivity contribution in [2.75, 3.05) is 23.1 Å². The van der Waals surface area contributed by atoms with Crippen LogP contribution >= 0.6 is 0 Å². The molecule has 0 saturated heterocycles. The van der Waals surface area contributed by atoms with Gasteiger partial charge in [0.05, 0.1) is 32.9 Å². The van der Waals surface area contributed by atoms with Gasteiger partial charge >= 0.3 is 0 Å². The highest BCUT2D eigenvalue weighted by Crippen LogP contribution is 2.16. The lowest BCUT2D eigenvalue weighted by Crippen LogP contribution is -2.13. The van der Waals surface area contributed by atoms with Crippen LogP contribution in [-0.2, 0) is 14.5 Å². The van der Waals surface area contributed by atoms with Crippen molar-refractivity contribution < 1.29 is 23.0 Å². The zero-order chi connectivity index (χ0) is 24.9. The molecule has 174 valence electrons. The van der Waals surface area contributed by atoms with Crippen LogP contribution in [-0.4, -0.2) is 38.8 Å². The molecular formula is C24H22N4O5S. The van der Waals surface area contributed by atoms with E-state index in [-0.39, 0.29) is 40.1 Å². The number of nitrogens with one attached hydrogen (secondary N) is 1. The summed E-state index contributed by atoms with van der Waals surface area (Å²) in [5.41, 5.74) is 8.02. The summed E-state index contributed by atoms with van der Waals surface area (Å²) in [5.74, 6) is 4.28. The number of nitrogens with two attached hydrogens (primary N) is 1. The van der Waals surface area contributed by atoms with Crippen molar-refractivity contribution in [1.29, 1.82) is 0 Å². The first-order valence-electron chi connectivity index (χ1n) is 10.0. The number of aromatic nitrogens is 1. The quantitative estimate of drug-likeness (QED) is 0.536. The first-order chi connectivity index (χ1) is 16.0. The number of anilines is 2. The molecule has 3 N–H and O–H groups in total. The number of benzene rings is 1. The minimum Gasteiger partial charge on any atom is -0.459 e. The fraction of sp³-hybridized carbons (Fsp3) is 0.167. The molecule has 10 heteroatoms. The lowest BCUT2D eigenvalue weighted by atomic mass is 10.1. The van der Waals surface area contributed by atoms with Crippen LogP contribution in [0.1, 0.15) is 44.5 Å². The molecule has 3 rings (SSSR count). The fourth-order valence-electron chi connectivity index (χ4n) is 2.94. The summed E-state index contributed by atoms with van der Waals surface area (Å²) in [4.78, 5) is 40.0. The zero-order valence-electron chi connectivity index (χ0n) is 18.7. The highest BCUT2D eigenvalue weighted by atomic mass is 32.2. The first kappa shape index (κ1) is 24.4. The maximum Gasteiger partial charge on any atom is 0.291 e. The fourth-order valence-corrected chi connectivity index (χ4v) is 4.21. The highest BCUT2D eigenvalue weighted by Gasteiger charge is 2.14. The van der Waals surface area contributed by atoms with Crippen LogP contribution in [0.2, 0.25) is 0 Å². The van der Waals surface area contributed by atoms with E-state index in [4.69, 9.17) is 10.2 Å². The average Bonchev–Trinajstić information content (AvgIpc) is 3.18. The number of aryl methyl sites for hydroxylation is 1. The molecule has 2 heterocycles. The Kier molecular flexibility index (Phi) is 7.28. The third-order valence-electron chi connectivity index (χ3n) is 4.44. The summed E-state index contributed by atoms with van der Waals surface area (Å²) in [7, 11) is -3.00. The number of rotatable bonds is 5. The third-order valence-corrected chi connectivity index (χ3v) is 5.94. The molecule has 1 aromatic carbocycles. The number of hydrogen-bond donors (Lipinski definition) is 2. The van der Waals surface area contributed by atoms with E-state index in [1.165, 1.54) is 31.7 Å². The number of carbonyl (C=O) groups is 3. The van der Waals surface area contributed by atoms with E-state index in [2.05, 4.69) is 26.5 Å². The Labute approximate surface area is 196 Å². The molecule has 2 aromatic heterocycles. The van der Waals surface area contributed by atoms with Gasteiger partial charge in [-0.1, -0.05) is 17.9 Å². The minimum absolute atomic E-state index is 0.0476. The monoisotopic (exact) mass is 478 g/mol. The zero-order valence-corrected chi connectivity index (χ0v) is 19.6. The lowest BCUT2D eigenvalue weighted by molar-refractivity contribution is -0.114. The summed E-state index contributed by atoms with van der Waals surface area (Å²) in [6, 6.07) is 9.94.